The Labute approximate surface area is 338 Å². The highest BCUT2D eigenvalue weighted by Crippen LogP contribution is 2.42. The number of benzene rings is 2. The summed E-state index contributed by atoms with van der Waals surface area (Å²) in [5.74, 6) is -2.09. The Hall–Kier alpha value is -5.84. The molecule has 6 amide bonds. The van der Waals surface area contributed by atoms with Gasteiger partial charge in [-0.2, -0.15) is 5.10 Å². The number of likely N-dealkylation sites (tertiary alicyclic amines) is 1. The quantitative estimate of drug-likeness (QED) is 0.276. The number of fused-ring (bicyclic) bond motifs is 4. The number of piperidine rings is 2. The second kappa shape index (κ2) is 14.8. The molecule has 0 radical (unpaired) electrons. The van der Waals surface area contributed by atoms with E-state index < -0.39 is 41.9 Å². The van der Waals surface area contributed by atoms with Crippen molar-refractivity contribution in [2.45, 2.75) is 96.9 Å². The minimum Gasteiger partial charge on any atom is -0.341 e. The second-order valence-corrected chi connectivity index (χ2v) is 16.4. The molecule has 1 unspecified atom stereocenters. The number of carbonyl (C=O) groups is 7. The number of Topliss-reactive ketones (excluding diaryl/α,β-unsaturated/α-hetero) is 1. The van der Waals surface area contributed by atoms with Gasteiger partial charge in [0.2, 0.25) is 23.6 Å². The second-order valence-electron chi connectivity index (χ2n) is 16.4. The number of aryl methyl sites for hydroxylation is 1. The van der Waals surface area contributed by atoms with E-state index in [1.165, 1.54) is 19.9 Å². The van der Waals surface area contributed by atoms with Gasteiger partial charge in [-0.05, 0) is 80.0 Å². The van der Waals surface area contributed by atoms with Crippen LogP contribution in [-0.2, 0) is 51.7 Å². The van der Waals surface area contributed by atoms with Gasteiger partial charge in [0.25, 0.3) is 18.2 Å². The summed E-state index contributed by atoms with van der Waals surface area (Å²) in [7, 11) is 0. The molecule has 17 heteroatoms. The van der Waals surface area contributed by atoms with E-state index in [2.05, 4.69) is 5.32 Å². The predicted molar refractivity (Wildman–Crippen MR) is 206 cm³/mol. The van der Waals surface area contributed by atoms with Gasteiger partial charge in [-0.1, -0.05) is 0 Å². The van der Waals surface area contributed by atoms with Gasteiger partial charge >= 0.3 is 0 Å². The molecular weight excluding hydrogens is 767 g/mol. The molecule has 0 saturated carbocycles. The average Bonchev–Trinajstić information content (AvgIpc) is 3.86. The number of nitrogens with zero attached hydrogens (tertiary/aromatic N) is 7. The van der Waals surface area contributed by atoms with Crippen molar-refractivity contribution >= 4 is 52.7 Å². The molecule has 3 aromatic rings. The summed E-state index contributed by atoms with van der Waals surface area (Å²) < 4.78 is 30.6. The third-order valence-corrected chi connectivity index (χ3v) is 12.8. The molecule has 6 aliphatic rings. The van der Waals surface area contributed by atoms with Crippen molar-refractivity contribution in [1.82, 2.24) is 34.7 Å². The Morgan fingerprint density at radius 3 is 2.14 bits per heavy atom. The summed E-state index contributed by atoms with van der Waals surface area (Å²) in [6, 6.07) is 5.33. The smallest absolute Gasteiger partial charge is 0.264 e. The van der Waals surface area contributed by atoms with Gasteiger partial charge in [-0.25, -0.2) is 8.78 Å². The molecule has 0 aliphatic carbocycles. The molecule has 2 aromatic carbocycles. The maximum atomic E-state index is 14.3. The molecule has 59 heavy (non-hydrogen) atoms. The van der Waals surface area contributed by atoms with Crippen molar-refractivity contribution in [3.8, 4) is 0 Å². The SMILES string of the molecule is CC(=O)c1cc2c(cc1C(F)F)N(c1nn(C3CCN(C(=O)CN4Cc5cc6c(cc5C4)C(=O)N(C4CCC(=O)NC4=O)C6=O)CC3)c3c1CN(C(C)=O)CC3)CCC2. The zero-order valence-corrected chi connectivity index (χ0v) is 32.9. The van der Waals surface area contributed by atoms with Crippen molar-refractivity contribution < 1.29 is 42.3 Å². The molecule has 308 valence electrons. The predicted octanol–water partition coefficient (Wildman–Crippen LogP) is 3.59. The molecule has 0 spiro atoms. The van der Waals surface area contributed by atoms with E-state index in [9.17, 15) is 42.3 Å². The number of hydrogen-bond donors (Lipinski definition) is 1. The number of amides is 6. The monoisotopic (exact) mass is 810 g/mol. The highest BCUT2D eigenvalue weighted by Gasteiger charge is 2.45. The van der Waals surface area contributed by atoms with Gasteiger partial charge < -0.3 is 14.7 Å². The zero-order valence-electron chi connectivity index (χ0n) is 32.9. The lowest BCUT2D eigenvalue weighted by atomic mass is 9.93. The van der Waals surface area contributed by atoms with Crippen LogP contribution in [0.2, 0.25) is 0 Å². The Morgan fingerprint density at radius 1 is 0.814 bits per heavy atom. The zero-order chi connectivity index (χ0) is 41.4. The van der Waals surface area contributed by atoms with E-state index in [-0.39, 0.29) is 59.5 Å². The Balaban J connectivity index is 0.886. The van der Waals surface area contributed by atoms with Crippen molar-refractivity contribution in [3.05, 3.63) is 74.5 Å². The van der Waals surface area contributed by atoms with Crippen LogP contribution in [-0.4, -0.2) is 109 Å². The maximum Gasteiger partial charge on any atom is 0.264 e. The van der Waals surface area contributed by atoms with E-state index in [1.54, 1.807) is 23.1 Å². The Kier molecular flexibility index (Phi) is 9.68. The van der Waals surface area contributed by atoms with Crippen LogP contribution in [0.4, 0.5) is 20.3 Å². The molecular formula is C42H44F2N8O7. The summed E-state index contributed by atoms with van der Waals surface area (Å²) >= 11 is 0. The van der Waals surface area contributed by atoms with Gasteiger partial charge in [-0.3, -0.25) is 53.4 Å². The number of anilines is 2. The number of ketones is 1. The van der Waals surface area contributed by atoms with Crippen molar-refractivity contribution in [1.29, 1.82) is 0 Å². The molecule has 1 N–H and O–H groups in total. The third kappa shape index (κ3) is 6.68. The fourth-order valence-corrected chi connectivity index (χ4v) is 9.77. The van der Waals surface area contributed by atoms with E-state index in [0.717, 1.165) is 39.3 Å². The van der Waals surface area contributed by atoms with E-state index >= 15 is 0 Å². The Morgan fingerprint density at radius 2 is 1.51 bits per heavy atom. The van der Waals surface area contributed by atoms with E-state index in [0.29, 0.717) is 83.0 Å². The lowest BCUT2D eigenvalue weighted by Gasteiger charge is -2.34. The van der Waals surface area contributed by atoms with Crippen LogP contribution in [0.3, 0.4) is 0 Å². The minimum absolute atomic E-state index is 0.0281. The van der Waals surface area contributed by atoms with Gasteiger partial charge in [0.05, 0.1) is 30.3 Å². The average molecular weight is 811 g/mol. The summed E-state index contributed by atoms with van der Waals surface area (Å²) in [5.41, 5.74) is 5.14. The molecule has 0 bridgehead atoms. The molecule has 7 heterocycles. The molecule has 1 aromatic heterocycles. The summed E-state index contributed by atoms with van der Waals surface area (Å²) in [6.45, 7) is 6.23. The third-order valence-electron chi connectivity index (χ3n) is 12.8. The number of rotatable bonds is 7. The number of halogens is 2. The van der Waals surface area contributed by atoms with Crippen LogP contribution >= 0.6 is 0 Å². The molecule has 6 aliphatic heterocycles. The number of imide groups is 2. The molecule has 1 atom stereocenters. The number of aromatic nitrogens is 2. The number of hydrogen-bond acceptors (Lipinski definition) is 10. The number of alkyl halides is 2. The van der Waals surface area contributed by atoms with Crippen LogP contribution in [0, 0.1) is 0 Å². The lowest BCUT2D eigenvalue weighted by molar-refractivity contribution is -0.136. The highest BCUT2D eigenvalue weighted by atomic mass is 19.3. The van der Waals surface area contributed by atoms with Crippen molar-refractivity contribution in [3.63, 3.8) is 0 Å². The summed E-state index contributed by atoms with van der Waals surface area (Å²) in [5, 5.41) is 7.38. The number of nitrogens with one attached hydrogen (secondary N) is 1. The van der Waals surface area contributed by atoms with Crippen molar-refractivity contribution in [2.24, 2.45) is 0 Å². The van der Waals surface area contributed by atoms with Crippen LogP contribution in [0.1, 0.15) is 123 Å². The van der Waals surface area contributed by atoms with Gasteiger partial charge in [0.1, 0.15) is 6.04 Å². The Bertz CT molecular complexity index is 2320. The van der Waals surface area contributed by atoms with E-state index in [1.807, 2.05) is 19.4 Å². The van der Waals surface area contributed by atoms with Gasteiger partial charge in [0.15, 0.2) is 11.6 Å². The maximum absolute atomic E-state index is 14.3. The first kappa shape index (κ1) is 38.7. The number of carbonyl (C=O) groups excluding carboxylic acids is 7. The van der Waals surface area contributed by atoms with Crippen LogP contribution < -0.4 is 10.2 Å². The highest BCUT2D eigenvalue weighted by molar-refractivity contribution is 6.23. The fraction of sp³-hybridized carbons (Fsp3) is 0.476. The summed E-state index contributed by atoms with van der Waals surface area (Å²) in [4.78, 5) is 97.9. The topological polar surface area (TPSA) is 166 Å². The fourth-order valence-electron chi connectivity index (χ4n) is 9.77. The molecule has 9 rings (SSSR count). The first-order valence-corrected chi connectivity index (χ1v) is 20.2. The first-order valence-electron chi connectivity index (χ1n) is 20.2. The molecule has 2 fully saturated rings. The van der Waals surface area contributed by atoms with E-state index in [4.69, 9.17) is 5.10 Å². The van der Waals surface area contributed by atoms with Crippen LogP contribution in [0.25, 0.3) is 0 Å². The van der Waals surface area contributed by atoms with Gasteiger partial charge in [0, 0.05) is 87.1 Å². The van der Waals surface area contributed by atoms with Gasteiger partial charge in [-0.15, -0.1) is 0 Å². The normalized spacial score (nSPS) is 20.9. The molecule has 15 nitrogen and oxygen atoms in total. The lowest BCUT2D eigenvalue weighted by Crippen LogP contribution is -2.54. The van der Waals surface area contributed by atoms with Crippen molar-refractivity contribution in [2.75, 3.05) is 37.6 Å². The standard InChI is InChI=1S/C42H44F2N8O7/c1-22(53)28-14-24-4-3-10-50(35(24)17-29(28)38(43)44)39-32-20-49(23(2)54)13-9-33(32)52(46-39)27-7-11-48(12-8-27)37(56)21-47-18-25-15-30-31(16-26(25)19-47)42(59)51(41(30)58)34-5-6-36(55)45-40(34)57/h14-17,27,34,38H,3-13,18-21H2,1-2H3,(H,45,55,57). The molecule has 2 saturated heterocycles. The largest absolute Gasteiger partial charge is 0.341 e. The summed E-state index contributed by atoms with van der Waals surface area (Å²) in [6.07, 6.45) is 0.545. The van der Waals surface area contributed by atoms with Crippen LogP contribution in [0.5, 0.6) is 0 Å². The minimum atomic E-state index is -2.83. The van der Waals surface area contributed by atoms with Crippen LogP contribution in [0.15, 0.2) is 24.3 Å². The first-order chi connectivity index (χ1) is 28.3.